The molecule has 0 spiro atoms. The van der Waals surface area contributed by atoms with E-state index in [1.165, 1.54) is 24.3 Å². The summed E-state index contributed by atoms with van der Waals surface area (Å²) in [5, 5.41) is 11.9. The van der Waals surface area contributed by atoms with Crippen LogP contribution in [0.4, 0.5) is 5.69 Å². The van der Waals surface area contributed by atoms with E-state index in [1.807, 2.05) is 31.2 Å². The third-order valence-corrected chi connectivity index (χ3v) is 3.17. The van der Waals surface area contributed by atoms with Gasteiger partial charge in [-0.2, -0.15) is 0 Å². The summed E-state index contributed by atoms with van der Waals surface area (Å²) in [5.74, 6) is -1.56. The Hall–Kier alpha value is -2.59. The van der Waals surface area contributed by atoms with Crippen molar-refractivity contribution >= 4 is 35.2 Å². The average Bonchev–Trinajstić information content (AvgIpc) is 2.47. The third kappa shape index (κ3) is 4.20. The first-order valence-corrected chi connectivity index (χ1v) is 6.92. The number of anilines is 1. The van der Waals surface area contributed by atoms with E-state index in [-0.39, 0.29) is 11.3 Å². The summed E-state index contributed by atoms with van der Waals surface area (Å²) < 4.78 is 0. The van der Waals surface area contributed by atoms with E-state index >= 15 is 0 Å². The van der Waals surface area contributed by atoms with Gasteiger partial charge in [0, 0.05) is 11.1 Å². The first kappa shape index (κ1) is 15.8. The van der Waals surface area contributed by atoms with Gasteiger partial charge in [0.1, 0.15) is 0 Å². The third-order valence-electron chi connectivity index (χ3n) is 2.94. The minimum atomic E-state index is -1.15. The van der Waals surface area contributed by atoms with E-state index in [1.54, 1.807) is 6.08 Å². The molecule has 0 unspecified atom stereocenters. The molecule has 0 aromatic heterocycles. The van der Waals surface area contributed by atoms with E-state index < -0.39 is 11.9 Å². The average molecular weight is 316 g/mol. The number of carboxylic acid groups (broad SMARTS) is 1. The quantitative estimate of drug-likeness (QED) is 0.838. The highest BCUT2D eigenvalue weighted by atomic mass is 35.5. The Balaban J connectivity index is 2.14. The van der Waals surface area contributed by atoms with Crippen molar-refractivity contribution in [3.63, 3.8) is 0 Å². The standard InChI is InChI=1S/C17H14ClNO3/c1-11-3-2-4-12(9-11)5-8-16(20)19-15-7-6-13(18)10-14(15)17(21)22/h2-10H,1H3,(H,19,20)(H,21,22). The highest BCUT2D eigenvalue weighted by Gasteiger charge is 2.12. The summed E-state index contributed by atoms with van der Waals surface area (Å²) in [5.41, 5.74) is 2.14. The minimum Gasteiger partial charge on any atom is -0.478 e. The zero-order valence-electron chi connectivity index (χ0n) is 11.8. The molecule has 2 aromatic carbocycles. The molecule has 0 aliphatic rings. The maximum atomic E-state index is 11.9. The first-order valence-electron chi connectivity index (χ1n) is 6.54. The number of amides is 1. The van der Waals surface area contributed by atoms with Gasteiger partial charge >= 0.3 is 5.97 Å². The minimum absolute atomic E-state index is 0.0511. The van der Waals surface area contributed by atoms with Crippen molar-refractivity contribution in [2.45, 2.75) is 6.92 Å². The fourth-order valence-corrected chi connectivity index (χ4v) is 2.09. The molecule has 4 nitrogen and oxygen atoms in total. The van der Waals surface area contributed by atoms with Crippen LogP contribution in [-0.4, -0.2) is 17.0 Å². The van der Waals surface area contributed by atoms with Gasteiger partial charge in [0.25, 0.3) is 0 Å². The molecule has 2 aromatic rings. The lowest BCUT2D eigenvalue weighted by molar-refractivity contribution is -0.111. The fourth-order valence-electron chi connectivity index (χ4n) is 1.92. The molecule has 22 heavy (non-hydrogen) atoms. The maximum Gasteiger partial charge on any atom is 0.337 e. The number of benzene rings is 2. The Labute approximate surface area is 133 Å². The number of hydrogen-bond acceptors (Lipinski definition) is 2. The van der Waals surface area contributed by atoms with E-state index in [9.17, 15) is 9.59 Å². The van der Waals surface area contributed by atoms with Crippen LogP contribution in [-0.2, 0) is 4.79 Å². The monoisotopic (exact) mass is 315 g/mol. The predicted molar refractivity (Wildman–Crippen MR) is 87.3 cm³/mol. The van der Waals surface area contributed by atoms with Crippen LogP contribution >= 0.6 is 11.6 Å². The van der Waals surface area contributed by atoms with Gasteiger partial charge in [-0.25, -0.2) is 4.79 Å². The summed E-state index contributed by atoms with van der Waals surface area (Å²) in [6.07, 6.45) is 3.02. The Morgan fingerprint density at radius 2 is 1.95 bits per heavy atom. The van der Waals surface area contributed by atoms with Crippen molar-refractivity contribution in [2.24, 2.45) is 0 Å². The molecule has 5 heteroatoms. The lowest BCUT2D eigenvalue weighted by atomic mass is 10.1. The van der Waals surface area contributed by atoms with Gasteiger partial charge in [-0.05, 0) is 36.8 Å². The van der Waals surface area contributed by atoms with Gasteiger partial charge < -0.3 is 10.4 Å². The summed E-state index contributed by atoms with van der Waals surface area (Å²) in [4.78, 5) is 23.1. The number of carbonyl (C=O) groups is 2. The largest absolute Gasteiger partial charge is 0.478 e. The summed E-state index contributed by atoms with van der Waals surface area (Å²) >= 11 is 5.76. The van der Waals surface area contributed by atoms with E-state index in [2.05, 4.69) is 5.32 Å². The molecule has 0 bridgehead atoms. The van der Waals surface area contributed by atoms with Gasteiger partial charge in [-0.3, -0.25) is 4.79 Å². The molecule has 0 radical (unpaired) electrons. The van der Waals surface area contributed by atoms with Crippen molar-refractivity contribution < 1.29 is 14.7 Å². The predicted octanol–water partition coefficient (Wildman–Crippen LogP) is 4.00. The van der Waals surface area contributed by atoms with Crippen LogP contribution in [0.5, 0.6) is 0 Å². The Morgan fingerprint density at radius 3 is 2.64 bits per heavy atom. The zero-order valence-corrected chi connectivity index (χ0v) is 12.6. The van der Waals surface area contributed by atoms with Gasteiger partial charge in [0.05, 0.1) is 11.3 Å². The van der Waals surface area contributed by atoms with Crippen molar-refractivity contribution in [1.82, 2.24) is 0 Å². The van der Waals surface area contributed by atoms with Crippen LogP contribution in [0.1, 0.15) is 21.5 Å². The summed E-state index contributed by atoms with van der Waals surface area (Å²) in [6, 6.07) is 12.0. The molecule has 0 aliphatic carbocycles. The van der Waals surface area contributed by atoms with E-state index in [0.29, 0.717) is 5.02 Å². The van der Waals surface area contributed by atoms with Crippen LogP contribution in [0.2, 0.25) is 5.02 Å². The number of carboxylic acids is 1. The second-order valence-electron chi connectivity index (χ2n) is 4.73. The maximum absolute atomic E-state index is 11.9. The number of halogens is 1. The zero-order chi connectivity index (χ0) is 16.1. The van der Waals surface area contributed by atoms with Crippen LogP contribution in [0.25, 0.3) is 6.08 Å². The molecule has 0 fully saturated rings. The molecule has 2 N–H and O–H groups in total. The van der Waals surface area contributed by atoms with Gasteiger partial charge in [-0.1, -0.05) is 41.4 Å². The summed E-state index contributed by atoms with van der Waals surface area (Å²) in [7, 11) is 0. The van der Waals surface area contributed by atoms with Crippen LogP contribution in [0.15, 0.2) is 48.5 Å². The topological polar surface area (TPSA) is 66.4 Å². The van der Waals surface area contributed by atoms with E-state index in [4.69, 9.17) is 16.7 Å². The molecule has 0 atom stereocenters. The normalized spacial score (nSPS) is 10.6. The van der Waals surface area contributed by atoms with Crippen LogP contribution in [0.3, 0.4) is 0 Å². The van der Waals surface area contributed by atoms with E-state index in [0.717, 1.165) is 11.1 Å². The highest BCUT2D eigenvalue weighted by Crippen LogP contribution is 2.20. The smallest absolute Gasteiger partial charge is 0.337 e. The van der Waals surface area contributed by atoms with Crippen LogP contribution < -0.4 is 5.32 Å². The fraction of sp³-hybridized carbons (Fsp3) is 0.0588. The first-order chi connectivity index (χ1) is 10.5. The SMILES string of the molecule is Cc1cccc(C=CC(=O)Nc2ccc(Cl)cc2C(=O)O)c1. The number of carbonyl (C=O) groups excluding carboxylic acids is 1. The Kier molecular flexibility index (Phi) is 4.96. The molecule has 0 aliphatic heterocycles. The lowest BCUT2D eigenvalue weighted by Crippen LogP contribution is -2.12. The van der Waals surface area contributed by atoms with Crippen molar-refractivity contribution in [3.05, 3.63) is 70.3 Å². The highest BCUT2D eigenvalue weighted by molar-refractivity contribution is 6.31. The molecular formula is C17H14ClNO3. The van der Waals surface area contributed by atoms with Crippen molar-refractivity contribution in [3.8, 4) is 0 Å². The molecule has 0 saturated carbocycles. The van der Waals surface area contributed by atoms with Gasteiger partial charge in [0.2, 0.25) is 5.91 Å². The number of rotatable bonds is 4. The molecule has 0 saturated heterocycles. The number of aromatic carboxylic acids is 1. The number of hydrogen-bond donors (Lipinski definition) is 2. The van der Waals surface area contributed by atoms with Crippen molar-refractivity contribution in [1.29, 1.82) is 0 Å². The number of nitrogens with one attached hydrogen (secondary N) is 1. The second kappa shape index (κ2) is 6.91. The molecule has 2 rings (SSSR count). The van der Waals surface area contributed by atoms with Crippen LogP contribution in [0, 0.1) is 6.92 Å². The molecule has 0 heterocycles. The van der Waals surface area contributed by atoms with Gasteiger partial charge in [-0.15, -0.1) is 0 Å². The number of aryl methyl sites for hydroxylation is 1. The molecule has 112 valence electrons. The van der Waals surface area contributed by atoms with Crippen molar-refractivity contribution in [2.75, 3.05) is 5.32 Å². The molecular weight excluding hydrogens is 302 g/mol. The summed E-state index contributed by atoms with van der Waals surface area (Å²) in [6.45, 7) is 1.96. The Morgan fingerprint density at radius 1 is 1.18 bits per heavy atom. The molecule has 1 amide bonds. The van der Waals surface area contributed by atoms with Gasteiger partial charge in [0.15, 0.2) is 0 Å². The second-order valence-corrected chi connectivity index (χ2v) is 5.17. The Bertz CT molecular complexity index is 753. The lowest BCUT2D eigenvalue weighted by Gasteiger charge is -2.07.